The quantitative estimate of drug-likeness (QED) is 0.339. The van der Waals surface area contributed by atoms with Gasteiger partial charge < -0.3 is 0 Å². The molecule has 5 rings (SSSR count). The lowest BCUT2D eigenvalue weighted by Gasteiger charge is -2.35. The van der Waals surface area contributed by atoms with Gasteiger partial charge in [0.15, 0.2) is 15.6 Å². The van der Waals surface area contributed by atoms with Crippen LogP contribution in [-0.2, 0) is 14.6 Å². The van der Waals surface area contributed by atoms with Gasteiger partial charge in [-0.3, -0.25) is 9.59 Å². The average Bonchev–Trinajstić information content (AvgIpc) is 3.10. The van der Waals surface area contributed by atoms with E-state index in [0.29, 0.717) is 28.9 Å². The van der Waals surface area contributed by atoms with Crippen molar-refractivity contribution >= 4 is 33.2 Å². The Bertz CT molecular complexity index is 1350. The highest BCUT2D eigenvalue weighted by Crippen LogP contribution is 2.45. The van der Waals surface area contributed by atoms with Gasteiger partial charge in [0.1, 0.15) is 5.78 Å². The van der Waals surface area contributed by atoms with E-state index < -0.39 is 15.8 Å². The fourth-order valence-corrected chi connectivity index (χ4v) is 8.27. The molecule has 1 aliphatic heterocycles. The Kier molecular flexibility index (Phi) is 5.98. The van der Waals surface area contributed by atoms with Crippen molar-refractivity contribution in [2.75, 3.05) is 5.75 Å². The first-order valence-electron chi connectivity index (χ1n) is 11.5. The topological polar surface area (TPSA) is 68.3 Å². The number of ketones is 2. The number of rotatable bonds is 5. The number of carbonyl (C=O) groups is 2. The largest absolute Gasteiger partial charge is 0.299 e. The molecule has 0 amide bonds. The van der Waals surface area contributed by atoms with E-state index in [1.54, 1.807) is 30.0 Å². The number of Topliss-reactive ketones (excluding diaryl/α,β-unsaturated/α-hetero) is 2. The fraction of sp³-hybridized carbons (Fsp3) is 0.286. The molecule has 1 saturated carbocycles. The van der Waals surface area contributed by atoms with Gasteiger partial charge in [0, 0.05) is 27.5 Å². The van der Waals surface area contributed by atoms with Crippen molar-refractivity contribution in [1.82, 2.24) is 0 Å². The lowest BCUT2D eigenvalue weighted by Crippen LogP contribution is -2.38. The normalized spacial score (nSPS) is 25.6. The third-order valence-corrected chi connectivity index (χ3v) is 10.1. The number of carbonyl (C=O) groups excluding carboxylic acids is 2. The molecule has 3 atom stereocenters. The van der Waals surface area contributed by atoms with Crippen LogP contribution in [0.15, 0.2) is 88.7 Å². The molecule has 0 radical (unpaired) electrons. The van der Waals surface area contributed by atoms with E-state index in [-0.39, 0.29) is 28.0 Å². The molecule has 2 aliphatic rings. The first kappa shape index (κ1) is 23.1. The molecule has 3 aromatic rings. The van der Waals surface area contributed by atoms with Crippen LogP contribution in [0.25, 0.3) is 0 Å². The van der Waals surface area contributed by atoms with E-state index in [1.807, 2.05) is 60.7 Å². The maximum Gasteiger partial charge on any atom is 0.179 e. The Morgan fingerprint density at radius 3 is 2.32 bits per heavy atom. The van der Waals surface area contributed by atoms with Crippen LogP contribution < -0.4 is 0 Å². The van der Waals surface area contributed by atoms with Gasteiger partial charge in [0.05, 0.1) is 16.6 Å². The van der Waals surface area contributed by atoms with Crippen molar-refractivity contribution in [2.24, 2.45) is 5.92 Å². The van der Waals surface area contributed by atoms with Crippen molar-refractivity contribution < 1.29 is 18.0 Å². The average molecular weight is 491 g/mol. The molecule has 34 heavy (non-hydrogen) atoms. The highest BCUT2D eigenvalue weighted by atomic mass is 32.2. The summed E-state index contributed by atoms with van der Waals surface area (Å²) in [5.41, 5.74) is 2.00. The van der Waals surface area contributed by atoms with Gasteiger partial charge in [0.2, 0.25) is 0 Å². The summed E-state index contributed by atoms with van der Waals surface area (Å²) in [6, 6.07) is 24.4. The molecule has 1 heterocycles. The van der Waals surface area contributed by atoms with Crippen molar-refractivity contribution in [2.45, 2.75) is 46.6 Å². The van der Waals surface area contributed by atoms with Crippen LogP contribution in [0.5, 0.6) is 0 Å². The lowest BCUT2D eigenvalue weighted by atomic mass is 9.77. The highest BCUT2D eigenvalue weighted by Gasteiger charge is 2.42. The Labute approximate surface area is 204 Å². The SMILES string of the molecule is CC1(Sc2ccccc2)CCC(C(=O)c2ccc3c(c2)C(c2ccccc2)CS3(=O)=O)C(=O)C1. The second-order valence-electron chi connectivity index (χ2n) is 9.46. The van der Waals surface area contributed by atoms with Crippen LogP contribution in [0.4, 0.5) is 0 Å². The maximum atomic E-state index is 13.4. The van der Waals surface area contributed by atoms with Gasteiger partial charge in [-0.1, -0.05) is 54.6 Å². The van der Waals surface area contributed by atoms with Gasteiger partial charge in [0.25, 0.3) is 0 Å². The predicted molar refractivity (Wildman–Crippen MR) is 134 cm³/mol. The second kappa shape index (κ2) is 8.82. The minimum absolute atomic E-state index is 0.00140. The number of sulfone groups is 1. The number of thioether (sulfide) groups is 1. The minimum Gasteiger partial charge on any atom is -0.299 e. The highest BCUT2D eigenvalue weighted by molar-refractivity contribution is 8.00. The molecular weight excluding hydrogens is 464 g/mol. The number of hydrogen-bond acceptors (Lipinski definition) is 5. The Balaban J connectivity index is 1.38. The third kappa shape index (κ3) is 4.37. The lowest BCUT2D eigenvalue weighted by molar-refractivity contribution is -0.123. The molecule has 1 fully saturated rings. The molecule has 3 aromatic carbocycles. The summed E-state index contributed by atoms with van der Waals surface area (Å²) in [6.07, 6.45) is 1.61. The minimum atomic E-state index is -3.41. The molecule has 6 heteroatoms. The molecule has 0 bridgehead atoms. The van der Waals surface area contributed by atoms with Crippen LogP contribution >= 0.6 is 11.8 Å². The zero-order valence-electron chi connectivity index (χ0n) is 18.9. The summed E-state index contributed by atoms with van der Waals surface area (Å²) in [5.74, 6) is -1.20. The van der Waals surface area contributed by atoms with E-state index in [0.717, 1.165) is 16.9 Å². The van der Waals surface area contributed by atoms with Gasteiger partial charge in [-0.25, -0.2) is 8.42 Å². The molecule has 0 saturated heterocycles. The van der Waals surface area contributed by atoms with Crippen molar-refractivity contribution in [1.29, 1.82) is 0 Å². The first-order valence-corrected chi connectivity index (χ1v) is 14.0. The van der Waals surface area contributed by atoms with E-state index in [9.17, 15) is 18.0 Å². The third-order valence-electron chi connectivity index (χ3n) is 6.92. The molecule has 0 N–H and O–H groups in total. The number of hydrogen-bond donors (Lipinski definition) is 0. The van der Waals surface area contributed by atoms with Gasteiger partial charge in [-0.15, -0.1) is 11.8 Å². The summed E-state index contributed by atoms with van der Waals surface area (Å²) in [4.78, 5) is 27.9. The Morgan fingerprint density at radius 1 is 0.971 bits per heavy atom. The standard InChI is InChI=1S/C28H26O4S2/c1-28(33-21-10-6-3-7-11-21)15-14-22(25(29)17-28)27(30)20-12-13-26-23(16-20)24(18-34(26,31)32)19-8-4-2-5-9-19/h2-13,16,22,24H,14-15,17-18H2,1H3. The molecule has 4 nitrogen and oxygen atoms in total. The van der Waals surface area contributed by atoms with Crippen LogP contribution in [0.1, 0.15) is 53.6 Å². The molecule has 3 unspecified atom stereocenters. The molecular formula is C28H26O4S2. The van der Waals surface area contributed by atoms with Gasteiger partial charge >= 0.3 is 0 Å². The smallest absolute Gasteiger partial charge is 0.179 e. The summed E-state index contributed by atoms with van der Waals surface area (Å²) in [6.45, 7) is 2.09. The van der Waals surface area contributed by atoms with E-state index in [1.165, 1.54) is 0 Å². The van der Waals surface area contributed by atoms with Gasteiger partial charge in [-0.2, -0.15) is 0 Å². The molecule has 0 spiro atoms. The zero-order chi connectivity index (χ0) is 23.9. The fourth-order valence-electron chi connectivity index (χ4n) is 5.15. The van der Waals surface area contributed by atoms with Crippen molar-refractivity contribution in [3.8, 4) is 0 Å². The summed E-state index contributed by atoms with van der Waals surface area (Å²) in [7, 11) is -3.41. The molecule has 174 valence electrons. The monoisotopic (exact) mass is 490 g/mol. The number of fused-ring (bicyclic) bond motifs is 1. The van der Waals surface area contributed by atoms with Crippen LogP contribution in [0.2, 0.25) is 0 Å². The maximum absolute atomic E-state index is 13.4. The molecule has 1 aliphatic carbocycles. The Hall–Kier alpha value is -2.70. The van der Waals surface area contributed by atoms with E-state index >= 15 is 0 Å². The number of benzene rings is 3. The van der Waals surface area contributed by atoms with Crippen LogP contribution in [0.3, 0.4) is 0 Å². The second-order valence-corrected chi connectivity index (χ2v) is 13.1. The predicted octanol–water partition coefficient (Wildman–Crippen LogP) is 5.71. The van der Waals surface area contributed by atoms with Crippen molar-refractivity contribution in [3.05, 3.63) is 95.6 Å². The first-order chi connectivity index (χ1) is 16.3. The van der Waals surface area contributed by atoms with E-state index in [4.69, 9.17) is 0 Å². The molecule has 0 aromatic heterocycles. The van der Waals surface area contributed by atoms with Gasteiger partial charge in [-0.05, 0) is 55.2 Å². The zero-order valence-corrected chi connectivity index (χ0v) is 20.6. The summed E-state index contributed by atoms with van der Waals surface area (Å²) in [5, 5.41) is 0. The summed E-state index contributed by atoms with van der Waals surface area (Å²) >= 11 is 1.70. The van der Waals surface area contributed by atoms with Crippen molar-refractivity contribution in [3.63, 3.8) is 0 Å². The van der Waals surface area contributed by atoms with Crippen LogP contribution in [-0.4, -0.2) is 30.5 Å². The van der Waals surface area contributed by atoms with E-state index in [2.05, 4.69) is 6.92 Å². The van der Waals surface area contributed by atoms with Crippen LogP contribution in [0, 0.1) is 5.92 Å². The Morgan fingerprint density at radius 2 is 1.65 bits per heavy atom. The summed E-state index contributed by atoms with van der Waals surface area (Å²) < 4.78 is 25.3.